The van der Waals surface area contributed by atoms with Gasteiger partial charge >= 0.3 is 0 Å². The van der Waals surface area contributed by atoms with Gasteiger partial charge in [0.25, 0.3) is 0 Å². The molecule has 3 heterocycles. The Kier molecular flexibility index (Phi) is 5.72. The molecule has 7 heteroatoms. The molecule has 3 aliphatic heterocycles. The maximum Gasteiger partial charge on any atom is 0.163 e. The molecule has 2 fully saturated rings. The Morgan fingerprint density at radius 1 is 1.00 bits per heavy atom. The summed E-state index contributed by atoms with van der Waals surface area (Å²) in [5, 5.41) is 1.93. The first kappa shape index (κ1) is 20.8. The molecule has 0 spiro atoms. The molecule has 2 saturated heterocycles. The minimum atomic E-state index is -0.750. The van der Waals surface area contributed by atoms with Gasteiger partial charge in [-0.25, -0.2) is 0 Å². The van der Waals surface area contributed by atoms with Crippen molar-refractivity contribution < 1.29 is 28.5 Å². The molecule has 0 N–H and O–H groups in total. The Bertz CT molecular complexity index is 734. The number of hydrogen-bond acceptors (Lipinski definition) is 7. The maximum atomic E-state index is 6.38. The molecule has 4 rings (SSSR count). The zero-order valence-electron chi connectivity index (χ0n) is 17.8. The minimum absolute atomic E-state index is 0.240. The van der Waals surface area contributed by atoms with Crippen LogP contribution in [0.25, 0.3) is 0 Å². The quantitative estimate of drug-likeness (QED) is 0.746. The molecule has 0 aliphatic carbocycles. The van der Waals surface area contributed by atoms with E-state index in [1.165, 1.54) is 0 Å². The third-order valence-corrected chi connectivity index (χ3v) is 5.42. The van der Waals surface area contributed by atoms with E-state index >= 15 is 0 Å². The number of ether oxygens (including phenoxy) is 5. The highest BCUT2D eigenvalue weighted by Crippen LogP contribution is 2.40. The van der Waals surface area contributed by atoms with Crippen molar-refractivity contribution in [2.75, 3.05) is 20.3 Å². The summed E-state index contributed by atoms with van der Waals surface area (Å²) in [5.41, 5.74) is 1.14. The van der Waals surface area contributed by atoms with Crippen molar-refractivity contribution in [3.05, 3.63) is 47.7 Å². The molecule has 0 radical (unpaired) electrons. The second-order valence-corrected chi connectivity index (χ2v) is 8.54. The van der Waals surface area contributed by atoms with E-state index in [-0.39, 0.29) is 24.4 Å². The predicted molar refractivity (Wildman–Crippen MR) is 106 cm³/mol. The van der Waals surface area contributed by atoms with Crippen LogP contribution in [0.1, 0.15) is 33.3 Å². The van der Waals surface area contributed by atoms with E-state index in [2.05, 4.69) is 12.1 Å². The van der Waals surface area contributed by atoms with E-state index < -0.39 is 11.6 Å². The Morgan fingerprint density at radius 2 is 1.72 bits per heavy atom. The Labute approximate surface area is 172 Å². The van der Waals surface area contributed by atoms with Crippen LogP contribution in [0.4, 0.5) is 0 Å². The van der Waals surface area contributed by atoms with E-state index in [9.17, 15) is 0 Å². The van der Waals surface area contributed by atoms with Gasteiger partial charge in [0.1, 0.15) is 30.1 Å². The third kappa shape index (κ3) is 4.50. The van der Waals surface area contributed by atoms with Crippen molar-refractivity contribution in [2.24, 2.45) is 0 Å². The molecule has 29 heavy (non-hydrogen) atoms. The molecule has 3 aliphatic rings. The lowest BCUT2D eigenvalue weighted by Crippen LogP contribution is -2.53. The summed E-state index contributed by atoms with van der Waals surface area (Å²) in [6, 6.07) is 9.93. The number of benzene rings is 1. The van der Waals surface area contributed by atoms with Crippen LogP contribution in [-0.4, -0.2) is 61.3 Å². The minimum Gasteiger partial charge on any atom is -0.499 e. The number of rotatable bonds is 5. The monoisotopic (exact) mass is 405 g/mol. The van der Waals surface area contributed by atoms with Crippen molar-refractivity contribution >= 4 is 0 Å². The van der Waals surface area contributed by atoms with Crippen LogP contribution >= 0.6 is 0 Å². The summed E-state index contributed by atoms with van der Waals surface area (Å²) < 4.78 is 30.3. The van der Waals surface area contributed by atoms with Crippen LogP contribution in [0.2, 0.25) is 0 Å². The fraction of sp³-hybridized carbons (Fsp3) is 0.636. The fourth-order valence-electron chi connectivity index (χ4n) is 4.22. The van der Waals surface area contributed by atoms with E-state index in [1.807, 2.05) is 57.0 Å². The first-order valence-electron chi connectivity index (χ1n) is 10.1. The van der Waals surface area contributed by atoms with Crippen LogP contribution in [0.3, 0.4) is 0 Å². The Hall–Kier alpha value is -1.48. The molecule has 0 aromatic heterocycles. The molecule has 0 saturated carbocycles. The smallest absolute Gasteiger partial charge is 0.163 e. The molecule has 1 unspecified atom stereocenters. The van der Waals surface area contributed by atoms with Gasteiger partial charge in [0, 0.05) is 0 Å². The zero-order chi connectivity index (χ0) is 20.6. The maximum absolute atomic E-state index is 6.38. The highest BCUT2D eigenvalue weighted by Gasteiger charge is 2.55. The van der Waals surface area contributed by atoms with Crippen molar-refractivity contribution in [3.8, 4) is 0 Å². The van der Waals surface area contributed by atoms with Gasteiger partial charge < -0.3 is 23.7 Å². The van der Waals surface area contributed by atoms with E-state index in [1.54, 1.807) is 7.11 Å². The summed E-state index contributed by atoms with van der Waals surface area (Å²) in [7, 11) is 1.68. The number of nitrogens with zero attached hydrogens (tertiary/aromatic N) is 1. The second kappa shape index (κ2) is 7.98. The van der Waals surface area contributed by atoms with Gasteiger partial charge in [-0.1, -0.05) is 30.3 Å². The molecule has 160 valence electrons. The molecule has 1 aromatic carbocycles. The molecule has 0 amide bonds. The fourth-order valence-corrected chi connectivity index (χ4v) is 4.22. The van der Waals surface area contributed by atoms with E-state index in [0.717, 1.165) is 11.3 Å². The van der Waals surface area contributed by atoms with E-state index in [4.69, 9.17) is 28.5 Å². The highest BCUT2D eigenvalue weighted by molar-refractivity contribution is 5.17. The van der Waals surface area contributed by atoms with Gasteiger partial charge in [-0.3, -0.25) is 4.84 Å². The average Bonchev–Trinajstić information content (AvgIpc) is 3.20. The first-order valence-corrected chi connectivity index (χ1v) is 10.1. The third-order valence-electron chi connectivity index (χ3n) is 5.42. The second-order valence-electron chi connectivity index (χ2n) is 8.54. The van der Waals surface area contributed by atoms with Crippen molar-refractivity contribution in [2.45, 2.75) is 70.2 Å². The van der Waals surface area contributed by atoms with Crippen LogP contribution < -0.4 is 0 Å². The summed E-state index contributed by atoms with van der Waals surface area (Å²) in [6.07, 6.45) is 1.04. The topological polar surface area (TPSA) is 58.6 Å². The molecule has 4 atom stereocenters. The van der Waals surface area contributed by atoms with Crippen molar-refractivity contribution in [1.82, 2.24) is 5.06 Å². The standard InChI is InChI=1S/C22H31NO6/c1-21(2)25-14-17(27-21)19-20(29-22(3,4)28-19)18-16(24-5)11-12-26-23(18)13-15-9-7-6-8-10-15/h6-11,17-20H,12-14H2,1-5H3/t17-,18?,19-,20-/m1/s1. The largest absolute Gasteiger partial charge is 0.499 e. The van der Waals surface area contributed by atoms with Crippen LogP contribution in [0, 0.1) is 0 Å². The summed E-state index contributed by atoms with van der Waals surface area (Å²) in [6.45, 7) is 9.16. The highest BCUT2D eigenvalue weighted by atomic mass is 16.8. The van der Waals surface area contributed by atoms with Crippen LogP contribution in [-0.2, 0) is 35.1 Å². The molecule has 7 nitrogen and oxygen atoms in total. The van der Waals surface area contributed by atoms with E-state index in [0.29, 0.717) is 19.8 Å². The number of methoxy groups -OCH3 is 1. The summed E-state index contributed by atoms with van der Waals surface area (Å²) in [4.78, 5) is 6.03. The SMILES string of the molecule is COC1=CCON(Cc2ccccc2)C1[C@H]1OC(C)(C)O[C@@H]1[C@H]1COC(C)(C)O1. The lowest BCUT2D eigenvalue weighted by molar-refractivity contribution is -0.224. The predicted octanol–water partition coefficient (Wildman–Crippen LogP) is 3.00. The van der Waals surface area contributed by atoms with Crippen molar-refractivity contribution in [1.29, 1.82) is 0 Å². The summed E-state index contributed by atoms with van der Waals surface area (Å²) >= 11 is 0. The average molecular weight is 405 g/mol. The van der Waals surface area contributed by atoms with Gasteiger partial charge in [-0.15, -0.1) is 0 Å². The lowest BCUT2D eigenvalue weighted by Gasteiger charge is -2.39. The zero-order valence-corrected chi connectivity index (χ0v) is 17.8. The molecule has 1 aromatic rings. The van der Waals surface area contributed by atoms with Gasteiger partial charge in [0.15, 0.2) is 11.6 Å². The summed E-state index contributed by atoms with van der Waals surface area (Å²) in [5.74, 6) is -0.584. The van der Waals surface area contributed by atoms with Gasteiger partial charge in [-0.05, 0) is 39.3 Å². The van der Waals surface area contributed by atoms with Crippen LogP contribution in [0.15, 0.2) is 42.2 Å². The van der Waals surface area contributed by atoms with Gasteiger partial charge in [-0.2, -0.15) is 5.06 Å². The number of hydroxylamine groups is 2. The molecular weight excluding hydrogens is 374 g/mol. The molecule has 0 bridgehead atoms. The number of hydrogen-bond donors (Lipinski definition) is 0. The normalized spacial score (nSPS) is 34.2. The van der Waals surface area contributed by atoms with Crippen LogP contribution in [0.5, 0.6) is 0 Å². The molecular formula is C22H31NO6. The van der Waals surface area contributed by atoms with Crippen molar-refractivity contribution in [3.63, 3.8) is 0 Å². The Balaban J connectivity index is 1.63. The van der Waals surface area contributed by atoms with Gasteiger partial charge in [0.2, 0.25) is 0 Å². The Morgan fingerprint density at radius 3 is 2.38 bits per heavy atom. The van der Waals surface area contributed by atoms with Gasteiger partial charge in [0.05, 0.1) is 26.9 Å². The first-order chi connectivity index (χ1) is 13.8. The lowest BCUT2D eigenvalue weighted by atomic mass is 9.98.